The summed E-state index contributed by atoms with van der Waals surface area (Å²) in [6.45, 7) is 0.000745. The van der Waals surface area contributed by atoms with Crippen molar-refractivity contribution >= 4 is 17.7 Å². The lowest BCUT2D eigenvalue weighted by atomic mass is 9.53. The molecule has 164 valence electrons. The van der Waals surface area contributed by atoms with Gasteiger partial charge < -0.3 is 19.3 Å². The zero-order valence-electron chi connectivity index (χ0n) is 17.4. The summed E-state index contributed by atoms with van der Waals surface area (Å²) in [5.74, 6) is -2.58. The Hall–Kier alpha value is -3.45. The second-order valence-corrected chi connectivity index (χ2v) is 8.41. The van der Waals surface area contributed by atoms with Gasteiger partial charge in [0.2, 0.25) is 0 Å². The highest BCUT2D eigenvalue weighted by molar-refractivity contribution is 6.19. The molecule has 0 heterocycles. The number of rotatable bonds is 4. The fourth-order valence-electron chi connectivity index (χ4n) is 5.31. The first-order chi connectivity index (χ1) is 15.4. The molecular formula is C25H22O7. The molecule has 0 amide bonds. The number of allylic oxidation sites excluding steroid dienone is 1. The third kappa shape index (κ3) is 3.04. The zero-order chi connectivity index (χ0) is 22.5. The molecule has 0 radical (unpaired) electrons. The topological polar surface area (TPSA) is 99.1 Å². The Bertz CT molecular complexity index is 1140. The highest BCUT2D eigenvalue weighted by Gasteiger charge is 2.60. The number of phenolic OH excluding ortho intramolecular Hbond substituents is 1. The van der Waals surface area contributed by atoms with E-state index >= 15 is 0 Å². The molecule has 4 unspecified atom stereocenters. The lowest BCUT2D eigenvalue weighted by Crippen LogP contribution is -2.58. The molecule has 7 heteroatoms. The van der Waals surface area contributed by atoms with Crippen LogP contribution in [0.4, 0.5) is 4.79 Å². The van der Waals surface area contributed by atoms with Gasteiger partial charge in [-0.15, -0.1) is 0 Å². The number of phenols is 1. The van der Waals surface area contributed by atoms with Crippen molar-refractivity contribution in [3.8, 4) is 11.5 Å². The first-order valence-electron chi connectivity index (χ1n) is 10.5. The highest BCUT2D eigenvalue weighted by atomic mass is 16.7. The van der Waals surface area contributed by atoms with Crippen LogP contribution in [0.15, 0.2) is 54.6 Å². The van der Waals surface area contributed by atoms with E-state index in [1.807, 2.05) is 30.4 Å². The monoisotopic (exact) mass is 434 g/mol. The average molecular weight is 434 g/mol. The minimum absolute atomic E-state index is 0.000745. The predicted octanol–water partition coefficient (Wildman–Crippen LogP) is 4.08. The van der Waals surface area contributed by atoms with E-state index in [4.69, 9.17) is 14.2 Å². The van der Waals surface area contributed by atoms with E-state index < -0.39 is 23.6 Å². The van der Waals surface area contributed by atoms with Crippen molar-refractivity contribution < 1.29 is 33.7 Å². The number of carbonyl (C=O) groups excluding carboxylic acids is 3. The number of ketones is 2. The molecule has 0 saturated heterocycles. The number of hydrogen-bond donors (Lipinski definition) is 1. The van der Waals surface area contributed by atoms with E-state index in [1.165, 1.54) is 19.2 Å². The van der Waals surface area contributed by atoms with Crippen molar-refractivity contribution in [2.75, 3.05) is 7.11 Å². The average Bonchev–Trinajstić information content (AvgIpc) is 2.83. The number of ether oxygens (including phenoxy) is 3. The van der Waals surface area contributed by atoms with Crippen molar-refractivity contribution in [2.24, 2.45) is 17.8 Å². The Labute approximate surface area is 184 Å². The van der Waals surface area contributed by atoms with Gasteiger partial charge >= 0.3 is 6.16 Å². The third-order valence-corrected chi connectivity index (χ3v) is 6.84. The largest absolute Gasteiger partial charge is 0.514 e. The molecule has 2 aromatic rings. The van der Waals surface area contributed by atoms with Gasteiger partial charge in [0.05, 0.1) is 22.6 Å². The van der Waals surface area contributed by atoms with Gasteiger partial charge in [-0.3, -0.25) is 9.59 Å². The van der Waals surface area contributed by atoms with Gasteiger partial charge in [0.1, 0.15) is 18.1 Å². The summed E-state index contributed by atoms with van der Waals surface area (Å²) in [6, 6.07) is 11.7. The third-order valence-electron chi connectivity index (χ3n) is 6.84. The number of methoxy groups -OCH3 is 1. The molecule has 2 aromatic carbocycles. The van der Waals surface area contributed by atoms with Crippen LogP contribution in [0.25, 0.3) is 0 Å². The summed E-state index contributed by atoms with van der Waals surface area (Å²) in [7, 11) is 1.53. The fourth-order valence-corrected chi connectivity index (χ4v) is 5.31. The molecule has 1 saturated carbocycles. The maximum Gasteiger partial charge on any atom is 0.514 e. The van der Waals surface area contributed by atoms with Crippen LogP contribution in [-0.2, 0) is 16.1 Å². The second-order valence-electron chi connectivity index (χ2n) is 8.41. The van der Waals surface area contributed by atoms with E-state index in [0.717, 1.165) is 5.56 Å². The number of fused-ring (bicyclic) bond motifs is 2. The maximum atomic E-state index is 13.6. The normalized spacial score (nSPS) is 27.6. The molecule has 1 fully saturated rings. The number of aromatic hydroxyl groups is 1. The molecule has 1 N–H and O–H groups in total. The van der Waals surface area contributed by atoms with Crippen LogP contribution in [0.3, 0.4) is 0 Å². The lowest BCUT2D eigenvalue weighted by molar-refractivity contribution is -0.0693. The Morgan fingerprint density at radius 2 is 1.88 bits per heavy atom. The summed E-state index contributed by atoms with van der Waals surface area (Å²) in [5.41, 5.74) is -0.287. The molecule has 4 aliphatic carbocycles. The van der Waals surface area contributed by atoms with Gasteiger partial charge in [-0.05, 0) is 36.5 Å². The Balaban J connectivity index is 1.48. The molecule has 0 aromatic heterocycles. The Morgan fingerprint density at radius 1 is 1.09 bits per heavy atom. The molecule has 4 aliphatic rings. The fraction of sp³-hybridized carbons (Fsp3) is 0.320. The molecule has 0 spiro atoms. The summed E-state index contributed by atoms with van der Waals surface area (Å²) >= 11 is 0. The van der Waals surface area contributed by atoms with Gasteiger partial charge in [0, 0.05) is 13.0 Å². The molecule has 2 bridgehead atoms. The van der Waals surface area contributed by atoms with Gasteiger partial charge in [-0.2, -0.15) is 0 Å². The van der Waals surface area contributed by atoms with Gasteiger partial charge in [0.15, 0.2) is 11.6 Å². The standard InChI is InChI=1S/C25H22O7/c1-30-25-11-9-15(10-12-25)18-21(25)23(28)19-16(26)7-8-17(20(19)22(18)27)32-24(29)31-13-14-5-3-2-4-6-14/h2-9,11,15,18,21,26H,10,12-13H2,1H3. The Morgan fingerprint density at radius 3 is 2.56 bits per heavy atom. The van der Waals surface area contributed by atoms with E-state index in [2.05, 4.69) is 0 Å². The molecular weight excluding hydrogens is 412 g/mol. The van der Waals surface area contributed by atoms with Crippen molar-refractivity contribution in [3.63, 3.8) is 0 Å². The van der Waals surface area contributed by atoms with Crippen LogP contribution in [0, 0.1) is 17.8 Å². The van der Waals surface area contributed by atoms with Gasteiger partial charge in [-0.25, -0.2) is 4.79 Å². The molecule has 4 atom stereocenters. The van der Waals surface area contributed by atoms with Crippen molar-refractivity contribution in [3.05, 3.63) is 71.3 Å². The van der Waals surface area contributed by atoms with E-state index in [9.17, 15) is 19.5 Å². The minimum Gasteiger partial charge on any atom is -0.507 e. The summed E-state index contributed by atoms with van der Waals surface area (Å²) in [4.78, 5) is 39.4. The van der Waals surface area contributed by atoms with Crippen LogP contribution in [0.1, 0.15) is 39.1 Å². The van der Waals surface area contributed by atoms with Crippen LogP contribution in [0.2, 0.25) is 0 Å². The van der Waals surface area contributed by atoms with Crippen LogP contribution in [0.5, 0.6) is 11.5 Å². The molecule has 7 nitrogen and oxygen atoms in total. The zero-order valence-corrected chi connectivity index (χ0v) is 17.4. The van der Waals surface area contributed by atoms with E-state index in [-0.39, 0.29) is 46.7 Å². The van der Waals surface area contributed by atoms with Gasteiger partial charge in [0.25, 0.3) is 0 Å². The summed E-state index contributed by atoms with van der Waals surface area (Å²) < 4.78 is 16.2. The minimum atomic E-state index is -0.998. The predicted molar refractivity (Wildman–Crippen MR) is 113 cm³/mol. The Kier molecular flexibility index (Phi) is 4.86. The molecule has 0 aliphatic heterocycles. The number of hydrogen-bond acceptors (Lipinski definition) is 7. The van der Waals surface area contributed by atoms with E-state index in [1.54, 1.807) is 12.1 Å². The van der Waals surface area contributed by atoms with Crippen molar-refractivity contribution in [2.45, 2.75) is 25.0 Å². The smallest absolute Gasteiger partial charge is 0.507 e. The van der Waals surface area contributed by atoms with Crippen LogP contribution >= 0.6 is 0 Å². The summed E-state index contributed by atoms with van der Waals surface area (Å²) in [6.07, 6.45) is 4.15. The highest BCUT2D eigenvalue weighted by Crippen LogP contribution is 2.55. The van der Waals surface area contributed by atoms with Gasteiger partial charge in [-0.1, -0.05) is 42.5 Å². The first-order valence-corrected chi connectivity index (χ1v) is 10.5. The quantitative estimate of drug-likeness (QED) is 0.440. The second kappa shape index (κ2) is 7.60. The molecule has 6 rings (SSSR count). The van der Waals surface area contributed by atoms with E-state index in [0.29, 0.717) is 12.8 Å². The lowest BCUT2D eigenvalue weighted by Gasteiger charge is -2.52. The van der Waals surface area contributed by atoms with Crippen LogP contribution in [-0.4, -0.2) is 35.5 Å². The SMILES string of the molecule is COC12C=CC(CC1)C1C(=O)c3c(OC(=O)OCc4ccccc4)ccc(O)c3C(=O)C12. The summed E-state index contributed by atoms with van der Waals surface area (Å²) in [5, 5.41) is 10.5. The van der Waals surface area contributed by atoms with Crippen molar-refractivity contribution in [1.82, 2.24) is 0 Å². The first kappa shape index (κ1) is 20.5. The number of Topliss-reactive ketones (excluding diaryl/α,β-unsaturated/α-hetero) is 2. The van der Waals surface area contributed by atoms with Crippen LogP contribution < -0.4 is 4.74 Å². The molecule has 32 heavy (non-hydrogen) atoms. The van der Waals surface area contributed by atoms with Crippen molar-refractivity contribution in [1.29, 1.82) is 0 Å². The maximum absolute atomic E-state index is 13.6. The number of benzene rings is 2. The number of carbonyl (C=O) groups is 3.